The molecule has 0 unspecified atom stereocenters. The summed E-state index contributed by atoms with van der Waals surface area (Å²) in [6.07, 6.45) is 1.62. The van der Waals surface area contributed by atoms with Crippen molar-refractivity contribution >= 4 is 17.7 Å². The fraction of sp³-hybridized carbons (Fsp3) is 0.333. The Morgan fingerprint density at radius 1 is 1.43 bits per heavy atom. The van der Waals surface area contributed by atoms with Crippen molar-refractivity contribution in [2.24, 2.45) is 7.05 Å². The van der Waals surface area contributed by atoms with E-state index in [0.717, 1.165) is 16.4 Å². The molecule has 112 valence electrons. The molecule has 1 aromatic heterocycles. The Morgan fingerprint density at radius 3 is 2.76 bits per heavy atom. The van der Waals surface area contributed by atoms with Crippen molar-refractivity contribution in [3.8, 4) is 0 Å². The van der Waals surface area contributed by atoms with Crippen LogP contribution in [0.2, 0.25) is 0 Å². The predicted octanol–water partition coefficient (Wildman–Crippen LogP) is 1.88. The van der Waals surface area contributed by atoms with Crippen molar-refractivity contribution in [1.82, 2.24) is 14.9 Å². The zero-order valence-electron chi connectivity index (χ0n) is 12.1. The average Bonchev–Trinajstić information content (AvgIpc) is 2.86. The van der Waals surface area contributed by atoms with E-state index in [1.165, 1.54) is 11.8 Å². The Kier molecular flexibility index (Phi) is 5.41. The Hall–Kier alpha value is -1.79. The van der Waals surface area contributed by atoms with Crippen LogP contribution in [0.4, 0.5) is 0 Å². The number of imidazole rings is 1. The molecule has 0 saturated carbocycles. The molecule has 2 N–H and O–H groups in total. The van der Waals surface area contributed by atoms with Crippen molar-refractivity contribution in [3.63, 3.8) is 0 Å². The van der Waals surface area contributed by atoms with Gasteiger partial charge in [-0.3, -0.25) is 4.79 Å². The van der Waals surface area contributed by atoms with Crippen LogP contribution >= 0.6 is 11.8 Å². The quantitative estimate of drug-likeness (QED) is 0.800. The molecule has 6 heteroatoms. The molecule has 0 spiro atoms. The first-order chi connectivity index (χ1) is 10.1. The van der Waals surface area contributed by atoms with E-state index < -0.39 is 0 Å². The fourth-order valence-corrected chi connectivity index (χ4v) is 2.73. The zero-order valence-corrected chi connectivity index (χ0v) is 12.9. The summed E-state index contributed by atoms with van der Waals surface area (Å²) in [6.45, 7) is 1.91. The largest absolute Gasteiger partial charge is 0.390 e. The molecule has 0 aliphatic carbocycles. The second-order valence-electron chi connectivity index (χ2n) is 4.74. The normalized spacial score (nSPS) is 12.1. The lowest BCUT2D eigenvalue weighted by Crippen LogP contribution is -2.28. The van der Waals surface area contributed by atoms with E-state index in [9.17, 15) is 4.79 Å². The number of hydrogen-bond acceptors (Lipinski definition) is 4. The molecule has 0 aliphatic rings. The van der Waals surface area contributed by atoms with E-state index >= 15 is 0 Å². The summed E-state index contributed by atoms with van der Waals surface area (Å²) in [5, 5.41) is 12.8. The highest BCUT2D eigenvalue weighted by atomic mass is 32.2. The third kappa shape index (κ3) is 4.09. The number of nitrogens with one attached hydrogen (secondary N) is 1. The van der Waals surface area contributed by atoms with Crippen LogP contribution in [0.3, 0.4) is 0 Å². The molecule has 1 heterocycles. The minimum atomic E-state index is -0.0543. The van der Waals surface area contributed by atoms with Crippen LogP contribution in [0.5, 0.6) is 0 Å². The maximum Gasteiger partial charge on any atom is 0.230 e. The number of amides is 1. The molecule has 21 heavy (non-hydrogen) atoms. The van der Waals surface area contributed by atoms with Gasteiger partial charge in [-0.1, -0.05) is 42.1 Å². The number of rotatable bonds is 6. The molecule has 0 bridgehead atoms. The van der Waals surface area contributed by atoms with Crippen LogP contribution in [0.25, 0.3) is 0 Å². The van der Waals surface area contributed by atoms with E-state index in [0.29, 0.717) is 5.75 Å². The Labute approximate surface area is 128 Å². The van der Waals surface area contributed by atoms with E-state index in [1.807, 2.05) is 44.3 Å². The SMILES string of the molecule is C[C@H](NC(=O)CSc1ncc(CO)n1C)c1ccccc1. The second kappa shape index (κ2) is 7.28. The van der Waals surface area contributed by atoms with Crippen LogP contribution in [-0.4, -0.2) is 26.3 Å². The van der Waals surface area contributed by atoms with E-state index in [1.54, 1.807) is 10.8 Å². The van der Waals surface area contributed by atoms with Gasteiger partial charge in [-0.05, 0) is 12.5 Å². The number of benzene rings is 1. The van der Waals surface area contributed by atoms with Gasteiger partial charge < -0.3 is 15.0 Å². The van der Waals surface area contributed by atoms with Crippen LogP contribution in [0.15, 0.2) is 41.7 Å². The van der Waals surface area contributed by atoms with E-state index in [2.05, 4.69) is 10.3 Å². The maximum atomic E-state index is 12.0. The van der Waals surface area contributed by atoms with Gasteiger partial charge in [-0.15, -0.1) is 0 Å². The molecular formula is C15H19N3O2S. The number of aliphatic hydroxyl groups is 1. The number of nitrogens with zero attached hydrogens (tertiary/aromatic N) is 2. The number of carbonyl (C=O) groups is 1. The van der Waals surface area contributed by atoms with Gasteiger partial charge in [-0.25, -0.2) is 4.98 Å². The van der Waals surface area contributed by atoms with Crippen molar-refractivity contribution in [1.29, 1.82) is 0 Å². The first-order valence-corrected chi connectivity index (χ1v) is 7.69. The van der Waals surface area contributed by atoms with Crippen LogP contribution < -0.4 is 5.32 Å². The number of aromatic nitrogens is 2. The summed E-state index contributed by atoms with van der Waals surface area (Å²) in [4.78, 5) is 16.2. The van der Waals surface area contributed by atoms with E-state index in [4.69, 9.17) is 5.11 Å². The second-order valence-corrected chi connectivity index (χ2v) is 5.68. The summed E-state index contributed by atoms with van der Waals surface area (Å²) >= 11 is 1.36. The third-order valence-corrected chi connectivity index (χ3v) is 4.26. The van der Waals surface area contributed by atoms with Crippen molar-refractivity contribution in [3.05, 3.63) is 47.8 Å². The van der Waals surface area contributed by atoms with Gasteiger partial charge in [0, 0.05) is 7.05 Å². The number of aliphatic hydroxyl groups excluding tert-OH is 1. The smallest absolute Gasteiger partial charge is 0.230 e. The first-order valence-electron chi connectivity index (χ1n) is 6.70. The molecular weight excluding hydrogens is 286 g/mol. The van der Waals surface area contributed by atoms with Crippen molar-refractivity contribution in [2.75, 3.05) is 5.75 Å². The van der Waals surface area contributed by atoms with Gasteiger partial charge in [0.25, 0.3) is 0 Å². The number of thioether (sulfide) groups is 1. The topological polar surface area (TPSA) is 67.2 Å². The van der Waals surface area contributed by atoms with Gasteiger partial charge in [0.1, 0.15) is 0 Å². The van der Waals surface area contributed by atoms with Gasteiger partial charge in [0.2, 0.25) is 5.91 Å². The highest BCUT2D eigenvalue weighted by Crippen LogP contribution is 2.18. The molecule has 2 rings (SSSR count). The van der Waals surface area contributed by atoms with E-state index in [-0.39, 0.29) is 18.6 Å². The van der Waals surface area contributed by atoms with Gasteiger partial charge in [-0.2, -0.15) is 0 Å². The molecule has 1 aromatic carbocycles. The zero-order chi connectivity index (χ0) is 15.2. The lowest BCUT2D eigenvalue weighted by Gasteiger charge is -2.14. The molecule has 5 nitrogen and oxygen atoms in total. The average molecular weight is 305 g/mol. The standard InChI is InChI=1S/C15H19N3O2S/c1-11(12-6-4-3-5-7-12)17-14(20)10-21-15-16-8-13(9-19)18(15)2/h3-8,11,19H,9-10H2,1-2H3,(H,17,20)/t11-/m0/s1. The van der Waals surface area contributed by atoms with Crippen molar-refractivity contribution < 1.29 is 9.90 Å². The summed E-state index contributed by atoms with van der Waals surface area (Å²) in [5.41, 5.74) is 1.81. The third-order valence-electron chi connectivity index (χ3n) is 3.21. The summed E-state index contributed by atoms with van der Waals surface area (Å²) in [5.74, 6) is 0.261. The molecule has 0 radical (unpaired) electrons. The fourth-order valence-electron chi connectivity index (χ4n) is 1.95. The lowest BCUT2D eigenvalue weighted by molar-refractivity contribution is -0.119. The Balaban J connectivity index is 1.86. The molecule has 2 aromatic rings. The summed E-state index contributed by atoms with van der Waals surface area (Å²) in [7, 11) is 1.82. The van der Waals surface area contributed by atoms with Crippen molar-refractivity contribution in [2.45, 2.75) is 24.7 Å². The van der Waals surface area contributed by atoms with Crippen LogP contribution in [0, 0.1) is 0 Å². The molecule has 0 saturated heterocycles. The van der Waals surface area contributed by atoms with Gasteiger partial charge in [0.15, 0.2) is 5.16 Å². The molecule has 0 aliphatic heterocycles. The van der Waals surface area contributed by atoms with Crippen LogP contribution in [0.1, 0.15) is 24.2 Å². The molecule has 1 amide bonds. The molecule has 0 fully saturated rings. The Morgan fingerprint density at radius 2 is 2.14 bits per heavy atom. The summed E-state index contributed by atoms with van der Waals surface area (Å²) in [6, 6.07) is 9.82. The maximum absolute atomic E-state index is 12.0. The Bertz CT molecular complexity index is 598. The van der Waals surface area contributed by atoms with Gasteiger partial charge in [0.05, 0.1) is 30.3 Å². The summed E-state index contributed by atoms with van der Waals surface area (Å²) < 4.78 is 1.79. The van der Waals surface area contributed by atoms with Crippen LogP contribution in [-0.2, 0) is 18.4 Å². The highest BCUT2D eigenvalue weighted by molar-refractivity contribution is 7.99. The monoisotopic (exact) mass is 305 g/mol. The highest BCUT2D eigenvalue weighted by Gasteiger charge is 2.12. The minimum Gasteiger partial charge on any atom is -0.390 e. The first kappa shape index (κ1) is 15.6. The predicted molar refractivity (Wildman–Crippen MR) is 82.9 cm³/mol. The molecule has 1 atom stereocenters. The minimum absolute atomic E-state index is 0.0197. The number of hydrogen-bond donors (Lipinski definition) is 2. The lowest BCUT2D eigenvalue weighted by atomic mass is 10.1. The number of carbonyl (C=O) groups excluding carboxylic acids is 1. The van der Waals surface area contributed by atoms with Gasteiger partial charge >= 0.3 is 0 Å².